The van der Waals surface area contributed by atoms with Gasteiger partial charge in [0.1, 0.15) is 23.3 Å². The van der Waals surface area contributed by atoms with Crippen molar-refractivity contribution in [3.63, 3.8) is 0 Å². The van der Waals surface area contributed by atoms with Crippen LogP contribution in [0.1, 0.15) is 96.0 Å². The third-order valence-corrected chi connectivity index (χ3v) is 6.40. The van der Waals surface area contributed by atoms with Crippen molar-refractivity contribution in [3.8, 4) is 5.75 Å². The van der Waals surface area contributed by atoms with Crippen LogP contribution in [0, 0.1) is 5.82 Å². The van der Waals surface area contributed by atoms with E-state index in [1.165, 1.54) is 6.07 Å². The van der Waals surface area contributed by atoms with Crippen molar-refractivity contribution in [2.45, 2.75) is 104 Å². The molecule has 0 radical (unpaired) electrons. The summed E-state index contributed by atoms with van der Waals surface area (Å²) < 4.78 is 26.6. The Bertz CT molecular complexity index is 881. The SMILES string of the molecule is CC(C)N(CC(=O)N1CCCC(Oc2cc(F)c(C(=O)OC(C)(C)C)cc2C2CC2)C1)C(C)C. The van der Waals surface area contributed by atoms with Crippen LogP contribution in [0.2, 0.25) is 0 Å². The molecule has 1 aromatic rings. The minimum Gasteiger partial charge on any atom is -0.488 e. The maximum absolute atomic E-state index is 14.9. The Hall–Kier alpha value is -2.15. The van der Waals surface area contributed by atoms with Crippen molar-refractivity contribution >= 4 is 11.9 Å². The van der Waals surface area contributed by atoms with E-state index in [1.807, 2.05) is 4.90 Å². The van der Waals surface area contributed by atoms with Gasteiger partial charge in [-0.05, 0) is 91.7 Å². The van der Waals surface area contributed by atoms with Crippen molar-refractivity contribution in [3.05, 3.63) is 29.1 Å². The Kier molecular flexibility index (Phi) is 8.27. The molecule has 1 atom stereocenters. The zero-order valence-electron chi connectivity index (χ0n) is 21.8. The molecule has 1 aliphatic carbocycles. The maximum Gasteiger partial charge on any atom is 0.341 e. The highest BCUT2D eigenvalue weighted by Crippen LogP contribution is 2.45. The van der Waals surface area contributed by atoms with E-state index in [4.69, 9.17) is 9.47 Å². The summed E-state index contributed by atoms with van der Waals surface area (Å²) in [7, 11) is 0. The molecule has 190 valence electrons. The van der Waals surface area contributed by atoms with E-state index in [-0.39, 0.29) is 35.6 Å². The first-order valence-corrected chi connectivity index (χ1v) is 12.6. The first kappa shape index (κ1) is 26.5. The first-order chi connectivity index (χ1) is 15.9. The average molecular weight is 477 g/mol. The summed E-state index contributed by atoms with van der Waals surface area (Å²) in [4.78, 5) is 29.6. The van der Waals surface area contributed by atoms with Crippen molar-refractivity contribution < 1.29 is 23.5 Å². The fourth-order valence-corrected chi connectivity index (χ4v) is 4.53. The molecule has 1 amide bonds. The van der Waals surface area contributed by atoms with E-state index in [0.29, 0.717) is 25.4 Å². The highest BCUT2D eigenvalue weighted by Gasteiger charge is 2.33. The maximum atomic E-state index is 14.9. The molecule has 1 aromatic carbocycles. The van der Waals surface area contributed by atoms with Gasteiger partial charge in [0.05, 0.1) is 18.7 Å². The number of piperidine rings is 1. The number of hydrogen-bond acceptors (Lipinski definition) is 5. The molecular weight excluding hydrogens is 435 g/mol. The lowest BCUT2D eigenvalue weighted by atomic mass is 10.0. The average Bonchev–Trinajstić information content (AvgIpc) is 3.55. The van der Waals surface area contributed by atoms with Crippen LogP contribution in [0.15, 0.2) is 12.1 Å². The Morgan fingerprint density at radius 3 is 2.32 bits per heavy atom. The van der Waals surface area contributed by atoms with Crippen LogP contribution in [0.5, 0.6) is 5.75 Å². The number of halogens is 1. The van der Waals surface area contributed by atoms with Gasteiger partial charge in [-0.3, -0.25) is 9.69 Å². The molecular formula is C27H41FN2O4. The van der Waals surface area contributed by atoms with Crippen molar-refractivity contribution in [2.24, 2.45) is 0 Å². The summed E-state index contributed by atoms with van der Waals surface area (Å²) in [5.41, 5.74) is 0.112. The van der Waals surface area contributed by atoms with Gasteiger partial charge in [-0.15, -0.1) is 0 Å². The summed E-state index contributed by atoms with van der Waals surface area (Å²) in [5, 5.41) is 0. The molecule has 1 saturated carbocycles. The van der Waals surface area contributed by atoms with Crippen molar-refractivity contribution in [2.75, 3.05) is 19.6 Å². The van der Waals surface area contributed by atoms with Gasteiger partial charge in [0.25, 0.3) is 0 Å². The lowest BCUT2D eigenvalue weighted by Crippen LogP contribution is -2.50. The van der Waals surface area contributed by atoms with Gasteiger partial charge in [-0.1, -0.05) is 0 Å². The van der Waals surface area contributed by atoms with Crippen LogP contribution >= 0.6 is 0 Å². The van der Waals surface area contributed by atoms with E-state index < -0.39 is 17.4 Å². The molecule has 0 N–H and O–H groups in total. The summed E-state index contributed by atoms with van der Waals surface area (Å²) in [6.07, 6.45) is 3.43. The van der Waals surface area contributed by atoms with Crippen LogP contribution in [0.4, 0.5) is 4.39 Å². The van der Waals surface area contributed by atoms with Gasteiger partial charge < -0.3 is 14.4 Å². The Morgan fingerprint density at radius 1 is 1.12 bits per heavy atom. The molecule has 0 bridgehead atoms. The number of amides is 1. The molecule has 34 heavy (non-hydrogen) atoms. The largest absolute Gasteiger partial charge is 0.488 e. The van der Waals surface area contributed by atoms with Crippen LogP contribution in [0.3, 0.4) is 0 Å². The topological polar surface area (TPSA) is 59.1 Å². The van der Waals surface area contributed by atoms with Crippen LogP contribution in [0.25, 0.3) is 0 Å². The molecule has 1 saturated heterocycles. The van der Waals surface area contributed by atoms with E-state index in [9.17, 15) is 14.0 Å². The number of benzene rings is 1. The van der Waals surface area contributed by atoms with E-state index in [1.54, 1.807) is 26.8 Å². The number of likely N-dealkylation sites (tertiary alicyclic amines) is 1. The molecule has 7 heteroatoms. The quantitative estimate of drug-likeness (QED) is 0.486. The minimum atomic E-state index is -0.697. The van der Waals surface area contributed by atoms with E-state index >= 15 is 0 Å². The fourth-order valence-electron chi connectivity index (χ4n) is 4.53. The molecule has 1 heterocycles. The molecule has 0 spiro atoms. The second-order valence-electron chi connectivity index (χ2n) is 11.2. The highest BCUT2D eigenvalue weighted by molar-refractivity contribution is 5.90. The lowest BCUT2D eigenvalue weighted by molar-refractivity contribution is -0.136. The fraction of sp³-hybridized carbons (Fsp3) is 0.704. The second-order valence-corrected chi connectivity index (χ2v) is 11.2. The highest BCUT2D eigenvalue weighted by atomic mass is 19.1. The number of ether oxygens (including phenoxy) is 2. The zero-order valence-corrected chi connectivity index (χ0v) is 21.8. The van der Waals surface area contributed by atoms with Crippen LogP contribution < -0.4 is 4.74 Å². The third kappa shape index (κ3) is 6.94. The molecule has 2 fully saturated rings. The Balaban J connectivity index is 1.73. The lowest BCUT2D eigenvalue weighted by Gasteiger charge is -2.36. The second kappa shape index (κ2) is 10.6. The van der Waals surface area contributed by atoms with Crippen LogP contribution in [-0.4, -0.2) is 65.1 Å². The number of hydrogen-bond donors (Lipinski definition) is 0. The number of esters is 1. The Labute approximate surface area is 203 Å². The third-order valence-electron chi connectivity index (χ3n) is 6.40. The van der Waals surface area contributed by atoms with Gasteiger partial charge in [0.15, 0.2) is 0 Å². The zero-order chi connectivity index (χ0) is 25.2. The summed E-state index contributed by atoms with van der Waals surface area (Å²) in [6, 6.07) is 3.50. The first-order valence-electron chi connectivity index (χ1n) is 12.6. The predicted molar refractivity (Wildman–Crippen MR) is 131 cm³/mol. The van der Waals surface area contributed by atoms with Gasteiger partial charge in [-0.2, -0.15) is 0 Å². The molecule has 6 nitrogen and oxygen atoms in total. The summed E-state index contributed by atoms with van der Waals surface area (Å²) in [5.74, 6) is -0.444. The smallest absolute Gasteiger partial charge is 0.341 e. The number of nitrogens with zero attached hydrogens (tertiary/aromatic N) is 2. The molecule has 2 aliphatic rings. The summed E-state index contributed by atoms with van der Waals surface area (Å²) >= 11 is 0. The van der Waals surface area contributed by atoms with Gasteiger partial charge in [0, 0.05) is 24.7 Å². The number of carbonyl (C=O) groups excluding carboxylic acids is 2. The van der Waals surface area contributed by atoms with Crippen molar-refractivity contribution in [1.29, 1.82) is 0 Å². The van der Waals surface area contributed by atoms with Crippen LogP contribution in [-0.2, 0) is 9.53 Å². The minimum absolute atomic E-state index is 0.0490. The van der Waals surface area contributed by atoms with Gasteiger partial charge in [0.2, 0.25) is 5.91 Å². The number of carbonyl (C=O) groups is 2. The molecule has 3 rings (SSSR count). The monoisotopic (exact) mass is 476 g/mol. The normalized spacial score (nSPS) is 19.1. The summed E-state index contributed by atoms with van der Waals surface area (Å²) in [6.45, 7) is 15.3. The molecule has 0 aromatic heterocycles. The van der Waals surface area contributed by atoms with Crippen molar-refractivity contribution in [1.82, 2.24) is 9.80 Å². The van der Waals surface area contributed by atoms with Gasteiger partial charge >= 0.3 is 5.97 Å². The Morgan fingerprint density at radius 2 is 1.76 bits per heavy atom. The molecule has 1 aliphatic heterocycles. The predicted octanol–water partition coefficient (Wildman–Crippen LogP) is 5.15. The van der Waals surface area contributed by atoms with Gasteiger partial charge in [-0.25, -0.2) is 9.18 Å². The number of rotatable bonds is 8. The van der Waals surface area contributed by atoms with E-state index in [2.05, 4.69) is 32.6 Å². The standard InChI is InChI=1S/C27H41FN2O4/c1-17(2)30(18(3)4)16-25(31)29-12-8-9-20(15-29)33-24-14-23(28)22(13-21(24)19-10-11-19)26(32)34-27(5,6)7/h13-14,17-20H,8-12,15-16H2,1-7H3. The molecule has 1 unspecified atom stereocenters. The van der Waals surface area contributed by atoms with E-state index in [0.717, 1.165) is 31.2 Å².